The number of likely N-dealkylation sites (N-methyl/N-ethyl adjacent to an activating group) is 1. The second-order valence-corrected chi connectivity index (χ2v) is 12.5. The molecule has 1 heterocycles. The Morgan fingerprint density at radius 3 is 2.21 bits per heavy atom. The molecule has 0 fully saturated rings. The van der Waals surface area contributed by atoms with Crippen molar-refractivity contribution in [3.05, 3.63) is 64.0 Å². The Hall–Kier alpha value is -2.59. The Labute approximate surface area is 238 Å². The van der Waals surface area contributed by atoms with Crippen LogP contribution in [0.3, 0.4) is 0 Å². The van der Waals surface area contributed by atoms with Crippen LogP contribution in [0.4, 0.5) is 10.8 Å². The fraction of sp³-hybridized carbons (Fsp3) is 0.370. The molecule has 0 aliphatic rings. The first-order valence-corrected chi connectivity index (χ1v) is 15.5. The summed E-state index contributed by atoms with van der Waals surface area (Å²) >= 11 is 7.40. The van der Waals surface area contributed by atoms with Crippen molar-refractivity contribution in [2.45, 2.75) is 32.9 Å². The number of aromatic nitrogens is 1. The molecule has 0 bridgehead atoms. The van der Waals surface area contributed by atoms with Gasteiger partial charge in [0.25, 0.3) is 0 Å². The monoisotopic (exact) mass is 592 g/mol. The lowest BCUT2D eigenvalue weighted by molar-refractivity contribution is -0.117. The summed E-state index contributed by atoms with van der Waals surface area (Å²) in [5.74, 6) is -0.325. The standard InChI is InChI=1S/C27H34ClN4O5PS/c1-5-36-38(35,37-6-2)18-19-7-13-22(14-8-19)29-24(33)16-15-23-26(20-9-11-21(28)12-10-20)31-27(39-23)30-25(34)17-32(3)4/h7-14H,5-6,15-18H2,1-4H3,(H,29,33)(H,30,31,34). The predicted molar refractivity (Wildman–Crippen MR) is 158 cm³/mol. The van der Waals surface area contributed by atoms with E-state index >= 15 is 0 Å². The number of amides is 2. The summed E-state index contributed by atoms with van der Waals surface area (Å²) in [4.78, 5) is 32.3. The molecule has 1 aromatic heterocycles. The lowest BCUT2D eigenvalue weighted by atomic mass is 10.1. The van der Waals surface area contributed by atoms with Gasteiger partial charge in [0.05, 0.1) is 31.6 Å². The van der Waals surface area contributed by atoms with Crippen LogP contribution in [0.1, 0.15) is 30.7 Å². The van der Waals surface area contributed by atoms with Gasteiger partial charge in [-0.25, -0.2) is 4.98 Å². The molecule has 210 valence electrons. The van der Waals surface area contributed by atoms with Gasteiger partial charge < -0.3 is 24.6 Å². The van der Waals surface area contributed by atoms with E-state index in [1.54, 1.807) is 55.1 Å². The van der Waals surface area contributed by atoms with E-state index in [0.717, 1.165) is 16.0 Å². The van der Waals surface area contributed by atoms with E-state index in [2.05, 4.69) is 15.6 Å². The third kappa shape index (κ3) is 9.83. The van der Waals surface area contributed by atoms with E-state index < -0.39 is 7.60 Å². The molecule has 0 unspecified atom stereocenters. The first-order valence-electron chi connectivity index (χ1n) is 12.6. The molecular formula is C27H34ClN4O5PS. The average Bonchev–Trinajstić information content (AvgIpc) is 3.26. The average molecular weight is 593 g/mol. The largest absolute Gasteiger partial charge is 0.335 e. The summed E-state index contributed by atoms with van der Waals surface area (Å²) in [6, 6.07) is 14.4. The molecule has 0 spiro atoms. The van der Waals surface area contributed by atoms with Crippen LogP contribution in [0.2, 0.25) is 5.02 Å². The number of nitrogens with zero attached hydrogens (tertiary/aromatic N) is 2. The van der Waals surface area contributed by atoms with Gasteiger partial charge in [-0.05, 0) is 64.2 Å². The highest BCUT2D eigenvalue weighted by molar-refractivity contribution is 7.53. The van der Waals surface area contributed by atoms with Crippen molar-refractivity contribution < 1.29 is 23.2 Å². The summed E-state index contributed by atoms with van der Waals surface area (Å²) in [7, 11) is 0.432. The van der Waals surface area contributed by atoms with E-state index in [0.29, 0.717) is 41.2 Å². The fourth-order valence-corrected chi connectivity index (χ4v) is 6.57. The number of rotatable bonds is 14. The number of benzene rings is 2. The molecule has 39 heavy (non-hydrogen) atoms. The van der Waals surface area contributed by atoms with Crippen LogP contribution in [0, 0.1) is 0 Å². The first kappa shape index (κ1) is 30.9. The van der Waals surface area contributed by atoms with Crippen LogP contribution >= 0.6 is 30.5 Å². The third-order valence-electron chi connectivity index (χ3n) is 5.37. The van der Waals surface area contributed by atoms with E-state index in [1.807, 2.05) is 26.2 Å². The number of carbonyl (C=O) groups excluding carboxylic acids is 2. The fourth-order valence-electron chi connectivity index (χ4n) is 3.74. The van der Waals surface area contributed by atoms with Gasteiger partial charge in [-0.15, -0.1) is 11.3 Å². The molecule has 3 rings (SSSR count). The van der Waals surface area contributed by atoms with Crippen molar-refractivity contribution in [1.82, 2.24) is 9.88 Å². The maximum Gasteiger partial charge on any atom is 0.335 e. The van der Waals surface area contributed by atoms with Gasteiger partial charge in [-0.1, -0.05) is 35.9 Å². The maximum atomic E-state index is 12.8. The minimum atomic E-state index is -3.20. The van der Waals surface area contributed by atoms with Crippen LogP contribution in [-0.2, 0) is 35.8 Å². The Morgan fingerprint density at radius 1 is 0.974 bits per heavy atom. The van der Waals surface area contributed by atoms with Crippen molar-refractivity contribution >= 4 is 53.2 Å². The summed E-state index contributed by atoms with van der Waals surface area (Å²) in [6.45, 7) is 4.39. The zero-order valence-electron chi connectivity index (χ0n) is 22.5. The Morgan fingerprint density at radius 2 is 1.62 bits per heavy atom. The summed E-state index contributed by atoms with van der Waals surface area (Å²) < 4.78 is 23.5. The zero-order chi connectivity index (χ0) is 28.4. The van der Waals surface area contributed by atoms with Crippen molar-refractivity contribution in [2.24, 2.45) is 0 Å². The number of halogens is 1. The summed E-state index contributed by atoms with van der Waals surface area (Å²) in [5.41, 5.74) is 2.98. The second kappa shape index (κ2) is 14.7. The molecular weight excluding hydrogens is 559 g/mol. The summed E-state index contributed by atoms with van der Waals surface area (Å²) in [5, 5.41) is 6.83. The van der Waals surface area contributed by atoms with Crippen molar-refractivity contribution in [1.29, 1.82) is 0 Å². The van der Waals surface area contributed by atoms with Gasteiger partial charge in [0.2, 0.25) is 11.8 Å². The van der Waals surface area contributed by atoms with Crippen LogP contribution in [0.5, 0.6) is 0 Å². The number of aryl methyl sites for hydroxylation is 1. The van der Waals surface area contributed by atoms with Crippen LogP contribution in [0.15, 0.2) is 48.5 Å². The molecule has 0 atom stereocenters. The molecule has 2 aromatic carbocycles. The molecule has 2 amide bonds. The first-order chi connectivity index (χ1) is 18.6. The second-order valence-electron chi connectivity index (χ2n) is 8.93. The molecule has 2 N–H and O–H groups in total. The molecule has 12 heteroatoms. The molecule has 0 aliphatic carbocycles. The van der Waals surface area contributed by atoms with Gasteiger partial charge in [-0.2, -0.15) is 0 Å². The van der Waals surface area contributed by atoms with Crippen molar-refractivity contribution in [3.8, 4) is 11.3 Å². The van der Waals surface area contributed by atoms with Crippen LogP contribution in [0.25, 0.3) is 11.3 Å². The van der Waals surface area contributed by atoms with E-state index in [1.165, 1.54) is 11.3 Å². The zero-order valence-corrected chi connectivity index (χ0v) is 25.0. The SMILES string of the molecule is CCOP(=O)(Cc1ccc(NC(=O)CCc2sc(NC(=O)CN(C)C)nc2-c2ccc(Cl)cc2)cc1)OCC. The molecule has 0 saturated heterocycles. The van der Waals surface area contributed by atoms with Crippen LogP contribution < -0.4 is 10.6 Å². The molecule has 0 saturated carbocycles. The number of nitrogens with one attached hydrogen (secondary N) is 2. The molecule has 0 radical (unpaired) electrons. The van der Waals surface area contributed by atoms with Gasteiger partial charge in [0.1, 0.15) is 0 Å². The quantitative estimate of drug-likeness (QED) is 0.211. The van der Waals surface area contributed by atoms with Gasteiger partial charge in [0, 0.05) is 27.6 Å². The number of anilines is 2. The molecule has 3 aromatic rings. The van der Waals surface area contributed by atoms with Crippen LogP contribution in [-0.4, -0.2) is 55.6 Å². The lowest BCUT2D eigenvalue weighted by Gasteiger charge is -2.17. The number of carbonyl (C=O) groups is 2. The minimum Gasteiger partial charge on any atom is -0.326 e. The van der Waals surface area contributed by atoms with E-state index in [-0.39, 0.29) is 30.9 Å². The highest BCUT2D eigenvalue weighted by atomic mass is 35.5. The van der Waals surface area contributed by atoms with E-state index in [9.17, 15) is 14.2 Å². The van der Waals surface area contributed by atoms with Gasteiger partial charge in [0.15, 0.2) is 5.13 Å². The number of thiazole rings is 1. The highest BCUT2D eigenvalue weighted by Crippen LogP contribution is 2.51. The van der Waals surface area contributed by atoms with E-state index in [4.69, 9.17) is 20.6 Å². The smallest absolute Gasteiger partial charge is 0.326 e. The highest BCUT2D eigenvalue weighted by Gasteiger charge is 2.24. The normalized spacial score (nSPS) is 11.5. The maximum absolute atomic E-state index is 12.8. The Balaban J connectivity index is 1.66. The minimum absolute atomic E-state index is 0.161. The van der Waals surface area contributed by atoms with Crippen molar-refractivity contribution in [3.63, 3.8) is 0 Å². The number of hydrogen-bond acceptors (Lipinski definition) is 8. The predicted octanol–water partition coefficient (Wildman–Crippen LogP) is 6.30. The van der Waals surface area contributed by atoms with Gasteiger partial charge >= 0.3 is 7.60 Å². The lowest BCUT2D eigenvalue weighted by Crippen LogP contribution is -2.26. The Kier molecular flexibility index (Phi) is 11.7. The molecule has 9 nitrogen and oxygen atoms in total. The van der Waals surface area contributed by atoms with Gasteiger partial charge in [-0.3, -0.25) is 14.2 Å². The Bertz CT molecular complexity index is 1290. The van der Waals surface area contributed by atoms with Crippen molar-refractivity contribution in [2.75, 3.05) is 44.5 Å². The third-order valence-corrected chi connectivity index (χ3v) is 8.70. The molecule has 0 aliphatic heterocycles. The topological polar surface area (TPSA) is 110 Å². The number of hydrogen-bond donors (Lipinski definition) is 2. The summed E-state index contributed by atoms with van der Waals surface area (Å²) in [6.07, 6.45) is 0.823.